The third-order valence-electron chi connectivity index (χ3n) is 4.50. The third kappa shape index (κ3) is 8.22. The van der Waals surface area contributed by atoms with E-state index < -0.39 is 35.6 Å². The summed E-state index contributed by atoms with van der Waals surface area (Å²) in [6, 6.07) is 13.4. The van der Waals surface area contributed by atoms with E-state index in [4.69, 9.17) is 10.5 Å². The Hall–Kier alpha value is -2.58. The Labute approximate surface area is 180 Å². The van der Waals surface area contributed by atoms with Gasteiger partial charge in [0.15, 0.2) is 0 Å². The molecule has 1 amide bonds. The molecule has 5 nitrogen and oxygen atoms in total. The van der Waals surface area contributed by atoms with Gasteiger partial charge in [-0.1, -0.05) is 42.5 Å². The normalized spacial score (nSPS) is 14.1. The number of carbonyl (C=O) groups is 1. The van der Waals surface area contributed by atoms with Crippen molar-refractivity contribution in [3.63, 3.8) is 0 Å². The summed E-state index contributed by atoms with van der Waals surface area (Å²) in [5.41, 5.74) is 5.70. The van der Waals surface area contributed by atoms with Crippen molar-refractivity contribution >= 4 is 6.09 Å². The van der Waals surface area contributed by atoms with E-state index in [2.05, 4.69) is 0 Å². The number of aliphatic hydroxyl groups excluding tert-OH is 1. The summed E-state index contributed by atoms with van der Waals surface area (Å²) in [4.78, 5) is 13.9. The highest BCUT2D eigenvalue weighted by Gasteiger charge is 2.31. The molecule has 31 heavy (non-hydrogen) atoms. The van der Waals surface area contributed by atoms with Crippen molar-refractivity contribution in [3.8, 4) is 0 Å². The molecule has 3 N–H and O–H groups in total. The molecule has 0 aromatic heterocycles. The molecule has 0 bridgehead atoms. The van der Waals surface area contributed by atoms with Gasteiger partial charge in [0, 0.05) is 12.6 Å². The number of hydrogen-bond acceptors (Lipinski definition) is 4. The standard InChI is InChI=1S/C23H29F3N2O3/c1-22(2,3)31-21(30)28(14-17-10-7-11-18(12-17)23(24,25)26)15-20(29)19(27)13-16-8-5-4-6-9-16/h4-12,19-20,29H,13-15,27H2,1-3H3. The molecule has 0 aliphatic heterocycles. The fourth-order valence-corrected chi connectivity index (χ4v) is 2.98. The molecule has 0 aliphatic carbocycles. The molecule has 0 saturated carbocycles. The van der Waals surface area contributed by atoms with Crippen LogP contribution in [0.2, 0.25) is 0 Å². The Morgan fingerprint density at radius 2 is 1.68 bits per heavy atom. The number of benzene rings is 2. The fraction of sp³-hybridized carbons (Fsp3) is 0.435. The number of carbonyl (C=O) groups excluding carboxylic acids is 1. The molecular formula is C23H29F3N2O3. The molecule has 0 radical (unpaired) electrons. The van der Waals surface area contributed by atoms with Crippen molar-refractivity contribution in [3.05, 3.63) is 71.3 Å². The number of ether oxygens (including phenoxy) is 1. The molecule has 2 aromatic carbocycles. The van der Waals surface area contributed by atoms with Gasteiger partial charge in [0.05, 0.1) is 18.2 Å². The Bertz CT molecular complexity index is 851. The largest absolute Gasteiger partial charge is 0.444 e. The minimum atomic E-state index is -4.50. The minimum absolute atomic E-state index is 0.159. The van der Waals surface area contributed by atoms with Gasteiger partial charge in [-0.15, -0.1) is 0 Å². The average molecular weight is 438 g/mol. The first-order valence-electron chi connectivity index (χ1n) is 9.97. The lowest BCUT2D eigenvalue weighted by Crippen LogP contribution is -2.47. The molecule has 2 aromatic rings. The monoisotopic (exact) mass is 438 g/mol. The zero-order valence-electron chi connectivity index (χ0n) is 17.9. The maximum absolute atomic E-state index is 13.0. The Balaban J connectivity index is 2.17. The minimum Gasteiger partial charge on any atom is -0.444 e. The molecule has 0 heterocycles. The highest BCUT2D eigenvalue weighted by atomic mass is 19.4. The van der Waals surface area contributed by atoms with Crippen molar-refractivity contribution in [1.82, 2.24) is 4.90 Å². The van der Waals surface area contributed by atoms with Gasteiger partial charge in [0.1, 0.15) is 5.60 Å². The van der Waals surface area contributed by atoms with E-state index in [1.54, 1.807) is 20.8 Å². The first-order chi connectivity index (χ1) is 14.3. The number of halogens is 3. The summed E-state index contributed by atoms with van der Waals surface area (Å²) in [7, 11) is 0. The lowest BCUT2D eigenvalue weighted by molar-refractivity contribution is -0.137. The van der Waals surface area contributed by atoms with Crippen LogP contribution in [0.3, 0.4) is 0 Å². The van der Waals surface area contributed by atoms with E-state index in [-0.39, 0.29) is 18.7 Å². The van der Waals surface area contributed by atoms with Crippen LogP contribution in [0, 0.1) is 0 Å². The van der Waals surface area contributed by atoms with Gasteiger partial charge in [-0.05, 0) is 50.5 Å². The lowest BCUT2D eigenvalue weighted by Gasteiger charge is -2.30. The summed E-state index contributed by atoms with van der Waals surface area (Å²) in [5, 5.41) is 10.6. The van der Waals surface area contributed by atoms with Crippen LogP contribution in [0.5, 0.6) is 0 Å². The van der Waals surface area contributed by atoms with Gasteiger partial charge >= 0.3 is 12.3 Å². The van der Waals surface area contributed by atoms with E-state index in [1.807, 2.05) is 30.3 Å². The number of nitrogens with two attached hydrogens (primary N) is 1. The van der Waals surface area contributed by atoms with Crippen LogP contribution < -0.4 is 5.73 Å². The van der Waals surface area contributed by atoms with Gasteiger partial charge in [0.2, 0.25) is 0 Å². The van der Waals surface area contributed by atoms with E-state index in [0.717, 1.165) is 17.7 Å². The quantitative estimate of drug-likeness (QED) is 0.673. The second kappa shape index (κ2) is 10.2. The first kappa shape index (κ1) is 24.7. The third-order valence-corrected chi connectivity index (χ3v) is 4.50. The van der Waals surface area contributed by atoms with Crippen LogP contribution in [0.1, 0.15) is 37.5 Å². The van der Waals surface area contributed by atoms with Crippen LogP contribution in [-0.2, 0) is 23.9 Å². The molecule has 2 unspecified atom stereocenters. The number of nitrogens with zero attached hydrogens (tertiary/aromatic N) is 1. The smallest absolute Gasteiger partial charge is 0.416 e. The van der Waals surface area contributed by atoms with Crippen LogP contribution in [0.15, 0.2) is 54.6 Å². The van der Waals surface area contributed by atoms with Gasteiger partial charge < -0.3 is 20.5 Å². The molecule has 0 spiro atoms. The number of rotatable bonds is 7. The summed E-state index contributed by atoms with van der Waals surface area (Å²) in [5.74, 6) is 0. The fourth-order valence-electron chi connectivity index (χ4n) is 2.98. The lowest BCUT2D eigenvalue weighted by atomic mass is 10.0. The average Bonchev–Trinajstić information content (AvgIpc) is 2.66. The Morgan fingerprint density at radius 3 is 2.26 bits per heavy atom. The van der Waals surface area contributed by atoms with Crippen LogP contribution in [0.4, 0.5) is 18.0 Å². The highest BCUT2D eigenvalue weighted by Crippen LogP contribution is 2.30. The van der Waals surface area contributed by atoms with E-state index >= 15 is 0 Å². The number of aliphatic hydroxyl groups is 1. The predicted molar refractivity (Wildman–Crippen MR) is 112 cm³/mol. The maximum Gasteiger partial charge on any atom is 0.416 e. The van der Waals surface area contributed by atoms with Crippen molar-refractivity contribution in [2.24, 2.45) is 5.73 Å². The van der Waals surface area contributed by atoms with Gasteiger partial charge in [-0.2, -0.15) is 13.2 Å². The zero-order valence-corrected chi connectivity index (χ0v) is 17.9. The highest BCUT2D eigenvalue weighted by molar-refractivity contribution is 5.68. The Kier molecular flexibility index (Phi) is 8.08. The van der Waals surface area contributed by atoms with Crippen molar-refractivity contribution in [2.45, 2.75) is 57.7 Å². The summed E-state index contributed by atoms with van der Waals surface area (Å²) in [6.45, 7) is 4.72. The number of hydrogen-bond donors (Lipinski definition) is 2. The topological polar surface area (TPSA) is 75.8 Å². The molecule has 2 rings (SSSR count). The van der Waals surface area contributed by atoms with Crippen molar-refractivity contribution in [2.75, 3.05) is 6.54 Å². The van der Waals surface area contributed by atoms with Crippen LogP contribution in [-0.4, -0.2) is 40.4 Å². The van der Waals surface area contributed by atoms with Crippen LogP contribution in [0.25, 0.3) is 0 Å². The van der Waals surface area contributed by atoms with E-state index in [9.17, 15) is 23.1 Å². The first-order valence-corrected chi connectivity index (χ1v) is 9.97. The zero-order chi connectivity index (χ0) is 23.2. The predicted octanol–water partition coefficient (Wildman–Crippen LogP) is 4.37. The van der Waals surface area contributed by atoms with Gasteiger partial charge in [0.25, 0.3) is 0 Å². The van der Waals surface area contributed by atoms with Crippen LogP contribution >= 0.6 is 0 Å². The molecule has 170 valence electrons. The molecule has 0 aliphatic rings. The Morgan fingerprint density at radius 1 is 1.06 bits per heavy atom. The SMILES string of the molecule is CC(C)(C)OC(=O)N(Cc1cccc(C(F)(F)F)c1)CC(O)C(N)Cc1ccccc1. The van der Waals surface area contributed by atoms with Crippen molar-refractivity contribution < 1.29 is 27.8 Å². The van der Waals surface area contributed by atoms with E-state index in [0.29, 0.717) is 6.42 Å². The van der Waals surface area contributed by atoms with Gasteiger partial charge in [-0.25, -0.2) is 4.79 Å². The van der Waals surface area contributed by atoms with E-state index in [1.165, 1.54) is 17.0 Å². The maximum atomic E-state index is 13.0. The molecule has 0 saturated heterocycles. The molecule has 8 heteroatoms. The second-order valence-corrected chi connectivity index (χ2v) is 8.48. The molecule has 0 fully saturated rings. The second-order valence-electron chi connectivity index (χ2n) is 8.48. The number of alkyl halides is 3. The van der Waals surface area contributed by atoms with Gasteiger partial charge in [-0.3, -0.25) is 0 Å². The van der Waals surface area contributed by atoms with Crippen molar-refractivity contribution in [1.29, 1.82) is 0 Å². The number of amides is 1. The molecular weight excluding hydrogens is 409 g/mol. The summed E-state index contributed by atoms with van der Waals surface area (Å²) >= 11 is 0. The molecule has 2 atom stereocenters. The summed E-state index contributed by atoms with van der Waals surface area (Å²) in [6.07, 6.45) is -5.95. The summed E-state index contributed by atoms with van der Waals surface area (Å²) < 4.78 is 44.5.